The Morgan fingerprint density at radius 2 is 1.69 bits per heavy atom. The summed E-state index contributed by atoms with van der Waals surface area (Å²) >= 11 is 0. The minimum absolute atomic E-state index is 0.549. The number of hydrogen-bond acceptors (Lipinski definition) is 2. The second-order valence-electron chi connectivity index (χ2n) is 4.36. The van der Waals surface area contributed by atoms with Gasteiger partial charge < -0.3 is 5.73 Å². The van der Waals surface area contributed by atoms with Gasteiger partial charge in [-0.15, -0.1) is 0 Å². The number of nitrogens with two attached hydrogens (primary N) is 1. The molecule has 0 aliphatic heterocycles. The second-order valence-corrected chi connectivity index (χ2v) is 4.36. The van der Waals surface area contributed by atoms with Crippen molar-refractivity contribution in [2.24, 2.45) is 5.73 Å². The van der Waals surface area contributed by atoms with E-state index < -0.39 is 0 Å². The van der Waals surface area contributed by atoms with Crippen LogP contribution in [0.15, 0.2) is 12.3 Å². The molecule has 0 spiro atoms. The zero-order valence-corrected chi connectivity index (χ0v) is 10.6. The summed E-state index contributed by atoms with van der Waals surface area (Å²) in [5, 5.41) is 0. The molecule has 0 saturated heterocycles. The summed E-state index contributed by atoms with van der Waals surface area (Å²) in [4.78, 5) is 4.39. The van der Waals surface area contributed by atoms with E-state index in [1.165, 1.54) is 43.2 Å². The van der Waals surface area contributed by atoms with Crippen molar-refractivity contribution >= 4 is 0 Å². The molecular weight excluding hydrogens is 196 g/mol. The van der Waals surface area contributed by atoms with E-state index in [9.17, 15) is 0 Å². The van der Waals surface area contributed by atoms with Crippen LogP contribution in [0.2, 0.25) is 0 Å². The molecule has 1 aromatic rings. The van der Waals surface area contributed by atoms with E-state index in [1.807, 2.05) is 6.20 Å². The van der Waals surface area contributed by atoms with Gasteiger partial charge in [0, 0.05) is 12.7 Å². The first-order valence-corrected chi connectivity index (χ1v) is 6.48. The van der Waals surface area contributed by atoms with E-state index >= 15 is 0 Å². The third-order valence-corrected chi connectivity index (χ3v) is 2.95. The van der Waals surface area contributed by atoms with Crippen molar-refractivity contribution in [3.05, 3.63) is 29.1 Å². The minimum Gasteiger partial charge on any atom is -0.325 e. The fourth-order valence-corrected chi connectivity index (χ4v) is 1.88. The highest BCUT2D eigenvalue weighted by Gasteiger charge is 2.04. The van der Waals surface area contributed by atoms with Gasteiger partial charge >= 0.3 is 0 Å². The van der Waals surface area contributed by atoms with Crippen molar-refractivity contribution in [1.29, 1.82) is 0 Å². The summed E-state index contributed by atoms with van der Waals surface area (Å²) in [7, 11) is 0. The number of unbranched alkanes of at least 4 members (excludes halogenated alkanes) is 2. The lowest BCUT2D eigenvalue weighted by molar-refractivity contribution is 0.750. The molecule has 2 heteroatoms. The third kappa shape index (κ3) is 3.93. The van der Waals surface area contributed by atoms with Gasteiger partial charge in [0.2, 0.25) is 0 Å². The quantitative estimate of drug-likeness (QED) is 0.766. The Kier molecular flexibility index (Phi) is 6.09. The molecule has 16 heavy (non-hydrogen) atoms. The first-order valence-electron chi connectivity index (χ1n) is 6.48. The third-order valence-electron chi connectivity index (χ3n) is 2.95. The van der Waals surface area contributed by atoms with Crippen molar-refractivity contribution < 1.29 is 0 Å². The molecule has 0 aliphatic carbocycles. The largest absolute Gasteiger partial charge is 0.325 e. The molecule has 2 nitrogen and oxygen atoms in total. The fraction of sp³-hybridized carbons (Fsp3) is 0.643. The average Bonchev–Trinajstić information content (AvgIpc) is 2.34. The van der Waals surface area contributed by atoms with Crippen LogP contribution < -0.4 is 5.73 Å². The fourth-order valence-electron chi connectivity index (χ4n) is 1.88. The lowest BCUT2D eigenvalue weighted by Gasteiger charge is -2.10. The van der Waals surface area contributed by atoms with Gasteiger partial charge in [-0.2, -0.15) is 0 Å². The molecule has 0 saturated carbocycles. The minimum atomic E-state index is 0.549. The smallest absolute Gasteiger partial charge is 0.0542 e. The molecule has 90 valence electrons. The molecule has 1 heterocycles. The molecule has 0 fully saturated rings. The normalized spacial score (nSPS) is 10.7. The Bertz CT molecular complexity index is 308. The molecule has 1 rings (SSSR count). The number of rotatable bonds is 7. The van der Waals surface area contributed by atoms with Gasteiger partial charge in [0.25, 0.3) is 0 Å². The number of nitrogens with zero attached hydrogens (tertiary/aromatic N) is 1. The summed E-state index contributed by atoms with van der Waals surface area (Å²) in [6.45, 7) is 5.01. The molecule has 0 amide bonds. The van der Waals surface area contributed by atoms with Crippen molar-refractivity contribution in [3.8, 4) is 0 Å². The Hall–Kier alpha value is -0.890. The van der Waals surface area contributed by atoms with Crippen molar-refractivity contribution in [3.63, 3.8) is 0 Å². The summed E-state index contributed by atoms with van der Waals surface area (Å²) in [5.74, 6) is 0. The highest BCUT2D eigenvalue weighted by Crippen LogP contribution is 2.15. The van der Waals surface area contributed by atoms with E-state index in [1.54, 1.807) is 0 Å². The summed E-state index contributed by atoms with van der Waals surface area (Å²) in [6.07, 6.45) is 9.36. The predicted octanol–water partition coefficient (Wildman–Crippen LogP) is 3.23. The first-order chi connectivity index (χ1) is 7.81. The molecule has 0 bridgehead atoms. The zero-order chi connectivity index (χ0) is 11.8. The predicted molar refractivity (Wildman–Crippen MR) is 69.4 cm³/mol. The standard InChI is InChI=1S/C14H24N2/c1-3-5-7-12-9-14(10-15)16-11-13(12)8-6-4-2/h9,11H,3-8,10,15H2,1-2H3. The second kappa shape index (κ2) is 7.39. The van der Waals surface area contributed by atoms with Gasteiger partial charge in [0.15, 0.2) is 0 Å². The lowest BCUT2D eigenvalue weighted by atomic mass is 9.99. The van der Waals surface area contributed by atoms with E-state index in [-0.39, 0.29) is 0 Å². The maximum Gasteiger partial charge on any atom is 0.0542 e. The highest BCUT2D eigenvalue weighted by molar-refractivity contribution is 5.27. The lowest BCUT2D eigenvalue weighted by Crippen LogP contribution is -2.04. The van der Waals surface area contributed by atoms with Gasteiger partial charge in [-0.1, -0.05) is 26.7 Å². The van der Waals surface area contributed by atoms with Crippen LogP contribution in [-0.4, -0.2) is 4.98 Å². The van der Waals surface area contributed by atoms with Crippen molar-refractivity contribution in [2.45, 2.75) is 58.9 Å². The molecule has 0 aromatic carbocycles. The molecule has 0 aliphatic rings. The van der Waals surface area contributed by atoms with E-state index in [0.717, 1.165) is 12.1 Å². The van der Waals surface area contributed by atoms with E-state index in [2.05, 4.69) is 24.9 Å². The number of pyridine rings is 1. The van der Waals surface area contributed by atoms with E-state index in [4.69, 9.17) is 5.73 Å². The summed E-state index contributed by atoms with van der Waals surface area (Å²) in [5.41, 5.74) is 9.54. The molecule has 1 aromatic heterocycles. The van der Waals surface area contributed by atoms with Crippen LogP contribution in [0.5, 0.6) is 0 Å². The van der Waals surface area contributed by atoms with Gasteiger partial charge in [0.05, 0.1) is 5.69 Å². The van der Waals surface area contributed by atoms with Gasteiger partial charge in [0.1, 0.15) is 0 Å². The van der Waals surface area contributed by atoms with Gasteiger partial charge in [-0.3, -0.25) is 4.98 Å². The number of hydrogen-bond donors (Lipinski definition) is 1. The van der Waals surface area contributed by atoms with Crippen LogP contribution in [0, 0.1) is 0 Å². The summed E-state index contributed by atoms with van der Waals surface area (Å²) < 4.78 is 0. The van der Waals surface area contributed by atoms with Crippen LogP contribution in [0.4, 0.5) is 0 Å². The number of aryl methyl sites for hydroxylation is 2. The Balaban J connectivity index is 2.78. The van der Waals surface area contributed by atoms with Crippen LogP contribution in [0.1, 0.15) is 56.4 Å². The van der Waals surface area contributed by atoms with Crippen LogP contribution in [0.3, 0.4) is 0 Å². The Morgan fingerprint density at radius 3 is 2.25 bits per heavy atom. The highest BCUT2D eigenvalue weighted by atomic mass is 14.7. The Labute approximate surface area is 99.3 Å². The molecule has 0 atom stereocenters. The Morgan fingerprint density at radius 1 is 1.06 bits per heavy atom. The summed E-state index contributed by atoms with van der Waals surface area (Å²) in [6, 6.07) is 2.20. The van der Waals surface area contributed by atoms with Gasteiger partial charge in [-0.05, 0) is 42.9 Å². The van der Waals surface area contributed by atoms with Crippen molar-refractivity contribution in [1.82, 2.24) is 4.98 Å². The SMILES string of the molecule is CCCCc1cnc(CN)cc1CCCC. The zero-order valence-electron chi connectivity index (χ0n) is 10.6. The van der Waals surface area contributed by atoms with Crippen molar-refractivity contribution in [2.75, 3.05) is 0 Å². The average molecular weight is 220 g/mol. The number of aromatic nitrogens is 1. The molecule has 2 N–H and O–H groups in total. The molecular formula is C14H24N2. The van der Waals surface area contributed by atoms with Crippen LogP contribution in [0.25, 0.3) is 0 Å². The van der Waals surface area contributed by atoms with Gasteiger partial charge in [-0.25, -0.2) is 0 Å². The van der Waals surface area contributed by atoms with Crippen LogP contribution in [-0.2, 0) is 19.4 Å². The maximum atomic E-state index is 5.64. The molecule has 0 unspecified atom stereocenters. The van der Waals surface area contributed by atoms with E-state index in [0.29, 0.717) is 6.54 Å². The van der Waals surface area contributed by atoms with Crippen LogP contribution >= 0.6 is 0 Å². The maximum absolute atomic E-state index is 5.64. The monoisotopic (exact) mass is 220 g/mol. The topological polar surface area (TPSA) is 38.9 Å². The molecule has 0 radical (unpaired) electrons. The first kappa shape index (κ1) is 13.2.